The van der Waals surface area contributed by atoms with Gasteiger partial charge in [0.1, 0.15) is 17.0 Å². The van der Waals surface area contributed by atoms with Crippen molar-refractivity contribution in [2.75, 3.05) is 19.6 Å². The molecule has 0 bridgehead atoms. The van der Waals surface area contributed by atoms with E-state index in [4.69, 9.17) is 10.2 Å². The molecule has 22 heavy (non-hydrogen) atoms. The minimum atomic E-state index is -0.00632. The molecule has 1 amide bonds. The van der Waals surface area contributed by atoms with E-state index in [2.05, 4.69) is 11.9 Å². The SMILES string of the molecule is CC1(CN)CCN(C(=O)c2csc(-c3ccoc3)n2)C1.Cl.Cl. The van der Waals surface area contributed by atoms with E-state index in [1.54, 1.807) is 12.5 Å². The normalized spacial score (nSPS) is 20.4. The summed E-state index contributed by atoms with van der Waals surface area (Å²) in [5.74, 6) is -0.00632. The average Bonchev–Trinajstić information content (AvgIpc) is 3.18. The van der Waals surface area contributed by atoms with Gasteiger partial charge in [-0.3, -0.25) is 4.79 Å². The van der Waals surface area contributed by atoms with Gasteiger partial charge in [0.05, 0.1) is 6.26 Å². The summed E-state index contributed by atoms with van der Waals surface area (Å²) in [6.07, 6.45) is 4.19. The Labute approximate surface area is 145 Å². The maximum absolute atomic E-state index is 12.4. The van der Waals surface area contributed by atoms with Crippen LogP contribution in [0.5, 0.6) is 0 Å². The highest BCUT2D eigenvalue weighted by atomic mass is 35.5. The number of amides is 1. The predicted octanol–water partition coefficient (Wildman–Crippen LogP) is 3.06. The highest BCUT2D eigenvalue weighted by Gasteiger charge is 2.35. The molecule has 2 aromatic heterocycles. The van der Waals surface area contributed by atoms with Gasteiger partial charge in [-0.2, -0.15) is 0 Å². The molecule has 2 aromatic rings. The molecular weight excluding hydrogens is 345 g/mol. The van der Waals surface area contributed by atoms with Crippen molar-refractivity contribution in [2.24, 2.45) is 11.1 Å². The van der Waals surface area contributed by atoms with E-state index < -0.39 is 0 Å². The minimum Gasteiger partial charge on any atom is -0.472 e. The summed E-state index contributed by atoms with van der Waals surface area (Å²) < 4.78 is 5.04. The second-order valence-corrected chi connectivity index (χ2v) is 6.40. The smallest absolute Gasteiger partial charge is 0.273 e. The molecule has 0 radical (unpaired) electrons. The lowest BCUT2D eigenvalue weighted by Gasteiger charge is -2.22. The highest BCUT2D eigenvalue weighted by Crippen LogP contribution is 2.30. The van der Waals surface area contributed by atoms with Crippen molar-refractivity contribution in [1.82, 2.24) is 9.88 Å². The summed E-state index contributed by atoms with van der Waals surface area (Å²) in [5.41, 5.74) is 7.23. The highest BCUT2D eigenvalue weighted by molar-refractivity contribution is 7.13. The molecule has 1 saturated heterocycles. The molecule has 1 unspecified atom stereocenters. The molecule has 0 aromatic carbocycles. The monoisotopic (exact) mass is 363 g/mol. The number of halogens is 2. The van der Waals surface area contributed by atoms with Crippen molar-refractivity contribution in [3.8, 4) is 10.6 Å². The van der Waals surface area contributed by atoms with Gasteiger partial charge in [0, 0.05) is 24.0 Å². The summed E-state index contributed by atoms with van der Waals surface area (Å²) in [6, 6.07) is 1.84. The zero-order valence-electron chi connectivity index (χ0n) is 12.2. The van der Waals surface area contributed by atoms with Crippen LogP contribution in [-0.4, -0.2) is 35.4 Å². The quantitative estimate of drug-likeness (QED) is 0.909. The number of hydrogen-bond acceptors (Lipinski definition) is 5. The van der Waals surface area contributed by atoms with E-state index >= 15 is 0 Å². The van der Waals surface area contributed by atoms with Crippen molar-refractivity contribution in [3.63, 3.8) is 0 Å². The average molecular weight is 364 g/mol. The van der Waals surface area contributed by atoms with Gasteiger partial charge in [0.25, 0.3) is 5.91 Å². The van der Waals surface area contributed by atoms with E-state index in [1.165, 1.54) is 11.3 Å². The van der Waals surface area contributed by atoms with Gasteiger partial charge in [0.15, 0.2) is 0 Å². The van der Waals surface area contributed by atoms with Crippen LogP contribution < -0.4 is 5.73 Å². The van der Waals surface area contributed by atoms with Gasteiger partial charge in [-0.25, -0.2) is 4.98 Å². The lowest BCUT2D eigenvalue weighted by molar-refractivity contribution is 0.0772. The zero-order valence-corrected chi connectivity index (χ0v) is 14.6. The minimum absolute atomic E-state index is 0. The van der Waals surface area contributed by atoms with E-state index in [-0.39, 0.29) is 36.1 Å². The van der Waals surface area contributed by atoms with Crippen LogP contribution >= 0.6 is 36.2 Å². The molecule has 1 fully saturated rings. The molecule has 122 valence electrons. The summed E-state index contributed by atoms with van der Waals surface area (Å²) in [4.78, 5) is 18.7. The molecule has 1 aliphatic heterocycles. The Morgan fingerprint density at radius 3 is 2.91 bits per heavy atom. The van der Waals surface area contributed by atoms with Crippen LogP contribution in [0.4, 0.5) is 0 Å². The van der Waals surface area contributed by atoms with Crippen LogP contribution in [-0.2, 0) is 0 Å². The number of aromatic nitrogens is 1. The van der Waals surface area contributed by atoms with E-state index in [0.717, 1.165) is 23.5 Å². The first-order valence-electron chi connectivity index (χ1n) is 6.59. The van der Waals surface area contributed by atoms with Crippen molar-refractivity contribution < 1.29 is 9.21 Å². The molecule has 0 spiro atoms. The second kappa shape index (κ2) is 7.46. The number of nitrogens with zero attached hydrogens (tertiary/aromatic N) is 2. The molecule has 0 aliphatic carbocycles. The molecule has 1 atom stereocenters. The number of rotatable bonds is 3. The van der Waals surface area contributed by atoms with Gasteiger partial charge in [-0.05, 0) is 24.4 Å². The largest absolute Gasteiger partial charge is 0.472 e. The summed E-state index contributed by atoms with van der Waals surface area (Å²) in [7, 11) is 0. The predicted molar refractivity (Wildman–Crippen MR) is 92.0 cm³/mol. The van der Waals surface area contributed by atoms with E-state index in [9.17, 15) is 4.79 Å². The Hall–Kier alpha value is -1.08. The lowest BCUT2D eigenvalue weighted by Crippen LogP contribution is -2.34. The topological polar surface area (TPSA) is 72.4 Å². The number of nitrogens with two attached hydrogens (primary N) is 1. The molecule has 2 N–H and O–H groups in total. The fourth-order valence-corrected chi connectivity index (χ4v) is 3.20. The maximum Gasteiger partial charge on any atom is 0.273 e. The number of hydrogen-bond donors (Lipinski definition) is 1. The lowest BCUT2D eigenvalue weighted by atomic mass is 9.90. The summed E-state index contributed by atoms with van der Waals surface area (Å²) >= 11 is 1.46. The Morgan fingerprint density at radius 1 is 1.55 bits per heavy atom. The van der Waals surface area contributed by atoms with Gasteiger partial charge < -0.3 is 15.1 Å². The van der Waals surface area contributed by atoms with E-state index in [1.807, 2.05) is 16.3 Å². The van der Waals surface area contributed by atoms with Gasteiger partial charge in [-0.1, -0.05) is 6.92 Å². The van der Waals surface area contributed by atoms with Crippen LogP contribution in [0.3, 0.4) is 0 Å². The zero-order chi connectivity index (χ0) is 14.2. The van der Waals surface area contributed by atoms with Crippen LogP contribution in [0.1, 0.15) is 23.8 Å². The van der Waals surface area contributed by atoms with E-state index in [0.29, 0.717) is 18.8 Å². The molecule has 5 nitrogen and oxygen atoms in total. The first kappa shape index (κ1) is 19.0. The van der Waals surface area contributed by atoms with Crippen LogP contribution in [0.15, 0.2) is 28.4 Å². The third-order valence-electron chi connectivity index (χ3n) is 3.83. The van der Waals surface area contributed by atoms with Crippen LogP contribution in [0, 0.1) is 5.41 Å². The summed E-state index contributed by atoms with van der Waals surface area (Å²) in [5, 5.41) is 2.62. The number of carbonyl (C=O) groups excluding carboxylic acids is 1. The Balaban J connectivity index is 0.00000121. The number of thiazole rings is 1. The second-order valence-electron chi connectivity index (χ2n) is 5.54. The van der Waals surface area contributed by atoms with Crippen molar-refractivity contribution in [1.29, 1.82) is 0 Å². The standard InChI is InChI=1S/C14H17N3O2S.2ClH/c1-14(8-15)3-4-17(9-14)13(18)11-7-20-12(16-11)10-2-5-19-6-10;;/h2,5-7H,3-4,8-9,15H2,1H3;2*1H. The molecular formula is C14H19Cl2N3O2S. The third kappa shape index (κ3) is 3.63. The Morgan fingerprint density at radius 2 is 2.32 bits per heavy atom. The fraction of sp³-hybridized carbons (Fsp3) is 0.429. The van der Waals surface area contributed by atoms with Gasteiger partial charge >= 0.3 is 0 Å². The first-order chi connectivity index (χ1) is 9.61. The third-order valence-corrected chi connectivity index (χ3v) is 4.72. The first-order valence-corrected chi connectivity index (χ1v) is 7.47. The van der Waals surface area contributed by atoms with Crippen LogP contribution in [0.25, 0.3) is 10.6 Å². The number of likely N-dealkylation sites (tertiary alicyclic amines) is 1. The van der Waals surface area contributed by atoms with Gasteiger partial charge in [-0.15, -0.1) is 36.2 Å². The van der Waals surface area contributed by atoms with Crippen molar-refractivity contribution >= 4 is 42.1 Å². The van der Waals surface area contributed by atoms with Crippen LogP contribution in [0.2, 0.25) is 0 Å². The van der Waals surface area contributed by atoms with Crippen molar-refractivity contribution in [3.05, 3.63) is 29.7 Å². The fourth-order valence-electron chi connectivity index (χ4n) is 2.42. The molecule has 8 heteroatoms. The molecule has 0 saturated carbocycles. The number of furan rings is 1. The van der Waals surface area contributed by atoms with Crippen molar-refractivity contribution in [2.45, 2.75) is 13.3 Å². The molecule has 3 rings (SSSR count). The van der Waals surface area contributed by atoms with Gasteiger partial charge in [0.2, 0.25) is 0 Å². The molecule has 1 aliphatic rings. The number of carbonyl (C=O) groups is 1. The Bertz CT molecular complexity index is 617. The summed E-state index contributed by atoms with van der Waals surface area (Å²) in [6.45, 7) is 4.19. The Kier molecular flexibility index (Phi) is 6.43. The molecule has 3 heterocycles. The maximum atomic E-state index is 12.4.